The summed E-state index contributed by atoms with van der Waals surface area (Å²) in [6, 6.07) is 2.03. The third-order valence-corrected chi connectivity index (χ3v) is 5.14. The maximum Gasteiger partial charge on any atom is 0.227 e. The van der Waals surface area contributed by atoms with Crippen LogP contribution in [0.3, 0.4) is 0 Å². The molecule has 1 aromatic heterocycles. The van der Waals surface area contributed by atoms with Crippen molar-refractivity contribution in [1.29, 1.82) is 0 Å². The van der Waals surface area contributed by atoms with Gasteiger partial charge in [-0.05, 0) is 54.1 Å². The summed E-state index contributed by atoms with van der Waals surface area (Å²) in [5.74, 6) is 0.515. The van der Waals surface area contributed by atoms with Crippen LogP contribution >= 0.6 is 15.9 Å². The van der Waals surface area contributed by atoms with E-state index in [0.29, 0.717) is 5.91 Å². The number of hydrogen-bond donors (Lipinski definition) is 0. The second-order valence-electron chi connectivity index (χ2n) is 6.00. The zero-order chi connectivity index (χ0) is 14.7. The fourth-order valence-electron chi connectivity index (χ4n) is 3.39. The minimum Gasteiger partial charge on any atom is -0.370 e. The van der Waals surface area contributed by atoms with Crippen molar-refractivity contribution in [2.75, 3.05) is 31.1 Å². The Hall–Kier alpha value is -1.10. The quantitative estimate of drug-likeness (QED) is 0.821. The van der Waals surface area contributed by atoms with E-state index in [-0.39, 0.29) is 5.92 Å². The molecule has 2 fully saturated rings. The van der Waals surface area contributed by atoms with E-state index in [2.05, 4.69) is 30.7 Å². The number of amides is 1. The predicted molar refractivity (Wildman–Crippen MR) is 87.3 cm³/mol. The topological polar surface area (TPSA) is 36.4 Å². The van der Waals surface area contributed by atoms with Gasteiger partial charge < -0.3 is 9.80 Å². The molecule has 0 N–H and O–H groups in total. The molecular formula is C16H22BrN3O. The molecule has 2 aliphatic heterocycles. The van der Waals surface area contributed by atoms with Gasteiger partial charge in [-0.15, -0.1) is 0 Å². The highest BCUT2D eigenvalue weighted by Crippen LogP contribution is 2.30. The largest absolute Gasteiger partial charge is 0.370 e. The van der Waals surface area contributed by atoms with Gasteiger partial charge in [0, 0.05) is 38.6 Å². The summed E-state index contributed by atoms with van der Waals surface area (Å²) in [7, 11) is 0. The van der Waals surface area contributed by atoms with Gasteiger partial charge in [-0.1, -0.05) is 0 Å². The zero-order valence-electron chi connectivity index (χ0n) is 12.3. The van der Waals surface area contributed by atoms with Crippen molar-refractivity contribution in [2.45, 2.75) is 32.1 Å². The van der Waals surface area contributed by atoms with E-state index in [1.54, 1.807) is 0 Å². The van der Waals surface area contributed by atoms with Crippen LogP contribution in [0, 0.1) is 5.92 Å². The SMILES string of the molecule is O=C(C1CCCN(c2ccncc2Br)C1)N1CCCCC1. The van der Waals surface area contributed by atoms with Crippen LogP contribution in [0.2, 0.25) is 0 Å². The summed E-state index contributed by atoms with van der Waals surface area (Å²) in [6.45, 7) is 3.76. The molecule has 5 heteroatoms. The number of aromatic nitrogens is 1. The molecule has 1 atom stereocenters. The molecule has 0 saturated carbocycles. The monoisotopic (exact) mass is 351 g/mol. The summed E-state index contributed by atoms with van der Waals surface area (Å²) in [4.78, 5) is 21.2. The first kappa shape index (κ1) is 14.8. The first-order valence-electron chi connectivity index (χ1n) is 7.89. The molecule has 0 aromatic carbocycles. The van der Waals surface area contributed by atoms with Crippen molar-refractivity contribution >= 4 is 27.5 Å². The zero-order valence-corrected chi connectivity index (χ0v) is 13.9. The van der Waals surface area contributed by atoms with Crippen molar-refractivity contribution in [3.05, 3.63) is 22.9 Å². The van der Waals surface area contributed by atoms with E-state index in [1.165, 1.54) is 6.42 Å². The predicted octanol–water partition coefficient (Wildman–Crippen LogP) is 3.07. The molecular weight excluding hydrogens is 330 g/mol. The fraction of sp³-hybridized carbons (Fsp3) is 0.625. The number of hydrogen-bond acceptors (Lipinski definition) is 3. The molecule has 1 amide bonds. The van der Waals surface area contributed by atoms with Crippen molar-refractivity contribution in [3.8, 4) is 0 Å². The Kier molecular flexibility index (Phi) is 4.78. The van der Waals surface area contributed by atoms with E-state index < -0.39 is 0 Å². The van der Waals surface area contributed by atoms with Gasteiger partial charge >= 0.3 is 0 Å². The van der Waals surface area contributed by atoms with Crippen LogP contribution in [-0.2, 0) is 4.79 Å². The Morgan fingerprint density at radius 2 is 2.00 bits per heavy atom. The molecule has 0 aliphatic carbocycles. The van der Waals surface area contributed by atoms with Crippen LogP contribution in [0.1, 0.15) is 32.1 Å². The van der Waals surface area contributed by atoms with Crippen molar-refractivity contribution in [1.82, 2.24) is 9.88 Å². The molecule has 1 unspecified atom stereocenters. The molecule has 1 aromatic rings. The average Bonchev–Trinajstić information content (AvgIpc) is 2.55. The Labute approximate surface area is 134 Å². The van der Waals surface area contributed by atoms with Gasteiger partial charge in [0.1, 0.15) is 0 Å². The fourth-order valence-corrected chi connectivity index (χ4v) is 3.90. The Morgan fingerprint density at radius 3 is 2.76 bits per heavy atom. The highest BCUT2D eigenvalue weighted by molar-refractivity contribution is 9.10. The van der Waals surface area contributed by atoms with Crippen LogP contribution in [0.4, 0.5) is 5.69 Å². The third kappa shape index (κ3) is 3.39. The second kappa shape index (κ2) is 6.77. The van der Waals surface area contributed by atoms with Gasteiger partial charge in [-0.25, -0.2) is 0 Å². The van der Waals surface area contributed by atoms with Gasteiger partial charge in [-0.3, -0.25) is 9.78 Å². The van der Waals surface area contributed by atoms with Crippen molar-refractivity contribution in [2.24, 2.45) is 5.92 Å². The van der Waals surface area contributed by atoms with Crippen molar-refractivity contribution < 1.29 is 4.79 Å². The number of rotatable bonds is 2. The summed E-state index contributed by atoms with van der Waals surface area (Å²) in [5, 5.41) is 0. The van der Waals surface area contributed by atoms with Crippen LogP contribution < -0.4 is 4.90 Å². The number of carbonyl (C=O) groups excluding carboxylic acids is 1. The van der Waals surface area contributed by atoms with Crippen LogP contribution in [0.25, 0.3) is 0 Å². The Balaban J connectivity index is 1.68. The number of piperidine rings is 2. The molecule has 0 spiro atoms. The van der Waals surface area contributed by atoms with E-state index in [9.17, 15) is 4.79 Å². The standard InChI is InChI=1S/C16H22BrN3O/c17-14-11-18-7-6-15(14)20-10-4-5-13(12-20)16(21)19-8-2-1-3-9-19/h6-7,11,13H,1-5,8-10,12H2. The first-order chi connectivity index (χ1) is 10.3. The molecule has 114 valence electrons. The number of anilines is 1. The summed E-state index contributed by atoms with van der Waals surface area (Å²) in [6.07, 6.45) is 9.34. The molecule has 4 nitrogen and oxygen atoms in total. The van der Waals surface area contributed by atoms with E-state index in [4.69, 9.17) is 0 Å². The Morgan fingerprint density at radius 1 is 1.19 bits per heavy atom. The lowest BCUT2D eigenvalue weighted by Gasteiger charge is -2.37. The maximum absolute atomic E-state index is 12.7. The third-order valence-electron chi connectivity index (χ3n) is 4.53. The number of carbonyl (C=O) groups is 1. The normalized spacial score (nSPS) is 23.2. The summed E-state index contributed by atoms with van der Waals surface area (Å²) in [5.41, 5.74) is 1.15. The van der Waals surface area contributed by atoms with Gasteiger partial charge in [0.2, 0.25) is 5.91 Å². The van der Waals surface area contributed by atoms with Gasteiger partial charge in [0.05, 0.1) is 16.1 Å². The van der Waals surface area contributed by atoms with Crippen LogP contribution in [0.5, 0.6) is 0 Å². The minimum atomic E-state index is 0.150. The smallest absolute Gasteiger partial charge is 0.227 e. The van der Waals surface area contributed by atoms with Gasteiger partial charge in [-0.2, -0.15) is 0 Å². The van der Waals surface area contributed by atoms with E-state index >= 15 is 0 Å². The highest BCUT2D eigenvalue weighted by atomic mass is 79.9. The lowest BCUT2D eigenvalue weighted by molar-refractivity contribution is -0.136. The lowest BCUT2D eigenvalue weighted by atomic mass is 9.95. The second-order valence-corrected chi connectivity index (χ2v) is 6.85. The molecule has 3 heterocycles. The maximum atomic E-state index is 12.7. The average molecular weight is 352 g/mol. The van der Waals surface area contributed by atoms with Crippen molar-refractivity contribution in [3.63, 3.8) is 0 Å². The Bertz CT molecular complexity index is 502. The summed E-state index contributed by atoms with van der Waals surface area (Å²) >= 11 is 3.57. The van der Waals surface area contributed by atoms with E-state index in [0.717, 1.165) is 62.0 Å². The number of nitrogens with zero attached hydrogens (tertiary/aromatic N) is 3. The molecule has 2 aliphatic rings. The molecule has 21 heavy (non-hydrogen) atoms. The molecule has 0 radical (unpaired) electrons. The number of pyridine rings is 1. The van der Waals surface area contributed by atoms with Crippen LogP contribution in [-0.4, -0.2) is 42.0 Å². The highest BCUT2D eigenvalue weighted by Gasteiger charge is 2.30. The van der Waals surface area contributed by atoms with Gasteiger partial charge in [0.15, 0.2) is 0 Å². The molecule has 3 rings (SSSR count). The van der Waals surface area contributed by atoms with E-state index in [1.807, 2.05) is 18.5 Å². The summed E-state index contributed by atoms with van der Waals surface area (Å²) < 4.78 is 1.01. The minimum absolute atomic E-state index is 0.150. The molecule has 0 bridgehead atoms. The number of likely N-dealkylation sites (tertiary alicyclic amines) is 1. The van der Waals surface area contributed by atoms with Gasteiger partial charge in [0.25, 0.3) is 0 Å². The van der Waals surface area contributed by atoms with Crippen LogP contribution in [0.15, 0.2) is 22.9 Å². The first-order valence-corrected chi connectivity index (χ1v) is 8.68. The molecule has 2 saturated heterocycles. The lowest BCUT2D eigenvalue weighted by Crippen LogP contribution is -2.46. The number of halogens is 1.